The van der Waals surface area contributed by atoms with Crippen molar-refractivity contribution in [3.05, 3.63) is 52.2 Å². The molecule has 2 heterocycles. The molecule has 0 aromatic carbocycles. The number of nitrogens with zero attached hydrogens (tertiary/aromatic N) is 4. The van der Waals surface area contributed by atoms with E-state index in [1.807, 2.05) is 22.7 Å². The van der Waals surface area contributed by atoms with E-state index in [9.17, 15) is 4.79 Å². The minimum Gasteiger partial charge on any atom is -0.461 e. The number of hydrogen-bond acceptors (Lipinski definition) is 3. The van der Waals surface area contributed by atoms with Gasteiger partial charge in [0, 0.05) is 23.2 Å². The molecular formula is C15H16N4O2. The first-order valence-corrected chi connectivity index (χ1v) is 7.03. The summed E-state index contributed by atoms with van der Waals surface area (Å²) in [5.41, 5.74) is 11.0. The van der Waals surface area contributed by atoms with E-state index in [0.717, 1.165) is 11.9 Å². The second-order valence-electron chi connectivity index (χ2n) is 5.21. The zero-order valence-electron chi connectivity index (χ0n) is 11.8. The summed E-state index contributed by atoms with van der Waals surface area (Å²) in [6, 6.07) is 7.76. The van der Waals surface area contributed by atoms with Crippen molar-refractivity contribution in [3.8, 4) is 0 Å². The van der Waals surface area contributed by atoms with Gasteiger partial charge in [-0.05, 0) is 54.5 Å². The van der Waals surface area contributed by atoms with Gasteiger partial charge in [-0.15, -0.1) is 0 Å². The minimum atomic E-state index is -0.309. The fraction of sp³-hybridized carbons (Fsp3) is 0.400. The molecule has 21 heavy (non-hydrogen) atoms. The third-order valence-corrected chi connectivity index (χ3v) is 3.89. The van der Waals surface area contributed by atoms with Gasteiger partial charge in [-0.2, -0.15) is 0 Å². The molecule has 0 bridgehead atoms. The minimum absolute atomic E-state index is 0.309. The summed E-state index contributed by atoms with van der Waals surface area (Å²) in [6.45, 7) is 2.70. The number of rotatable bonds is 5. The zero-order valence-corrected chi connectivity index (χ0v) is 11.8. The predicted octanol–water partition coefficient (Wildman–Crippen LogP) is 3.53. The number of aromatic nitrogens is 1. The SMILES string of the molecule is CCOC(=O)c1ccc2ccc(C3CC3CN=[N+]=[N-])cn12. The van der Waals surface area contributed by atoms with Gasteiger partial charge in [-0.3, -0.25) is 0 Å². The average Bonchev–Trinajstić information content (AvgIpc) is 3.14. The Morgan fingerprint density at radius 1 is 1.48 bits per heavy atom. The van der Waals surface area contributed by atoms with Crippen molar-refractivity contribution < 1.29 is 9.53 Å². The number of azide groups is 1. The Morgan fingerprint density at radius 3 is 3.05 bits per heavy atom. The van der Waals surface area contributed by atoms with Gasteiger partial charge < -0.3 is 9.14 Å². The number of carbonyl (C=O) groups is 1. The summed E-state index contributed by atoms with van der Waals surface area (Å²) in [7, 11) is 0. The lowest BCUT2D eigenvalue weighted by Crippen LogP contribution is -2.08. The average molecular weight is 284 g/mol. The van der Waals surface area contributed by atoms with Crippen LogP contribution in [0.2, 0.25) is 0 Å². The summed E-state index contributed by atoms with van der Waals surface area (Å²) in [4.78, 5) is 14.7. The molecule has 2 aromatic rings. The van der Waals surface area contributed by atoms with Gasteiger partial charge in [-0.25, -0.2) is 4.79 Å². The predicted molar refractivity (Wildman–Crippen MR) is 78.2 cm³/mol. The van der Waals surface area contributed by atoms with Crippen LogP contribution in [0.1, 0.15) is 35.3 Å². The van der Waals surface area contributed by atoms with Crippen molar-refractivity contribution >= 4 is 11.5 Å². The lowest BCUT2D eigenvalue weighted by molar-refractivity contribution is 0.0518. The smallest absolute Gasteiger partial charge is 0.355 e. The number of hydrogen-bond donors (Lipinski definition) is 0. The van der Waals surface area contributed by atoms with Crippen molar-refractivity contribution in [2.24, 2.45) is 11.0 Å². The number of pyridine rings is 1. The largest absolute Gasteiger partial charge is 0.461 e. The fourth-order valence-corrected chi connectivity index (χ4v) is 2.71. The van der Waals surface area contributed by atoms with E-state index >= 15 is 0 Å². The van der Waals surface area contributed by atoms with Gasteiger partial charge in [0.25, 0.3) is 0 Å². The highest BCUT2D eigenvalue weighted by Gasteiger charge is 2.37. The van der Waals surface area contributed by atoms with Gasteiger partial charge in [0.2, 0.25) is 0 Å². The summed E-state index contributed by atoms with van der Waals surface area (Å²) in [5, 5.41) is 3.63. The first-order valence-electron chi connectivity index (χ1n) is 7.03. The molecule has 108 valence electrons. The quantitative estimate of drug-likeness (QED) is 0.364. The van der Waals surface area contributed by atoms with E-state index < -0.39 is 0 Å². The second-order valence-corrected chi connectivity index (χ2v) is 5.21. The van der Waals surface area contributed by atoms with Crippen LogP contribution in [-0.2, 0) is 4.74 Å². The van der Waals surface area contributed by atoms with Gasteiger partial charge in [-0.1, -0.05) is 11.2 Å². The highest BCUT2D eigenvalue weighted by atomic mass is 16.5. The molecule has 1 aliphatic rings. The maximum atomic E-state index is 11.9. The molecule has 3 rings (SSSR count). The van der Waals surface area contributed by atoms with Crippen molar-refractivity contribution in [3.63, 3.8) is 0 Å². The normalized spacial score (nSPS) is 20.0. The van der Waals surface area contributed by atoms with Crippen LogP contribution in [0, 0.1) is 5.92 Å². The molecule has 6 heteroatoms. The fourth-order valence-electron chi connectivity index (χ4n) is 2.71. The number of ether oxygens (including phenoxy) is 1. The highest BCUT2D eigenvalue weighted by molar-refractivity contribution is 5.89. The first kappa shape index (κ1) is 13.5. The second kappa shape index (κ2) is 5.50. The number of fused-ring (bicyclic) bond motifs is 1. The Bertz CT molecular complexity index is 730. The molecule has 2 unspecified atom stereocenters. The molecule has 0 amide bonds. The molecule has 6 nitrogen and oxygen atoms in total. The van der Waals surface area contributed by atoms with Crippen LogP contribution < -0.4 is 0 Å². The van der Waals surface area contributed by atoms with Gasteiger partial charge in [0.15, 0.2) is 0 Å². The molecule has 1 fully saturated rings. The maximum absolute atomic E-state index is 11.9. The summed E-state index contributed by atoms with van der Waals surface area (Å²) >= 11 is 0. The van der Waals surface area contributed by atoms with Gasteiger partial charge in [0.1, 0.15) is 5.69 Å². The molecule has 0 N–H and O–H groups in total. The lowest BCUT2D eigenvalue weighted by Gasteiger charge is -2.06. The Balaban J connectivity index is 1.87. The molecule has 2 aromatic heterocycles. The van der Waals surface area contributed by atoms with E-state index in [1.54, 1.807) is 13.0 Å². The van der Waals surface area contributed by atoms with Gasteiger partial charge >= 0.3 is 5.97 Å². The first-order chi connectivity index (χ1) is 10.2. The Hall–Kier alpha value is -2.46. The highest BCUT2D eigenvalue weighted by Crippen LogP contribution is 2.47. The molecule has 1 saturated carbocycles. The number of esters is 1. The summed E-state index contributed by atoms with van der Waals surface area (Å²) in [5.74, 6) is 0.522. The topological polar surface area (TPSA) is 79.5 Å². The van der Waals surface area contributed by atoms with E-state index in [1.165, 1.54) is 5.56 Å². The van der Waals surface area contributed by atoms with Crippen LogP contribution >= 0.6 is 0 Å². The van der Waals surface area contributed by atoms with Gasteiger partial charge in [0.05, 0.1) is 6.61 Å². The molecule has 0 spiro atoms. The molecular weight excluding hydrogens is 268 g/mol. The summed E-state index contributed by atoms with van der Waals surface area (Å²) < 4.78 is 6.94. The van der Waals surface area contributed by atoms with Crippen LogP contribution in [0.5, 0.6) is 0 Å². The Labute approximate surface area is 122 Å². The van der Waals surface area contributed by atoms with E-state index in [-0.39, 0.29) is 5.97 Å². The monoisotopic (exact) mass is 284 g/mol. The summed E-state index contributed by atoms with van der Waals surface area (Å²) in [6.07, 6.45) is 3.02. The maximum Gasteiger partial charge on any atom is 0.355 e. The third-order valence-electron chi connectivity index (χ3n) is 3.89. The lowest BCUT2D eigenvalue weighted by atomic mass is 10.1. The van der Waals surface area contributed by atoms with E-state index in [2.05, 4.69) is 16.1 Å². The molecule has 0 saturated heterocycles. The van der Waals surface area contributed by atoms with Crippen molar-refractivity contribution in [1.29, 1.82) is 0 Å². The third kappa shape index (κ3) is 2.58. The van der Waals surface area contributed by atoms with E-state index in [0.29, 0.717) is 30.7 Å². The van der Waals surface area contributed by atoms with Crippen LogP contribution in [0.15, 0.2) is 35.6 Å². The van der Waals surface area contributed by atoms with Crippen LogP contribution in [0.25, 0.3) is 16.0 Å². The number of carbonyl (C=O) groups excluding carboxylic acids is 1. The molecule has 0 aliphatic heterocycles. The van der Waals surface area contributed by atoms with Crippen molar-refractivity contribution in [1.82, 2.24) is 4.40 Å². The van der Waals surface area contributed by atoms with Crippen LogP contribution in [-0.4, -0.2) is 23.5 Å². The Kier molecular flexibility index (Phi) is 3.54. The van der Waals surface area contributed by atoms with Crippen molar-refractivity contribution in [2.75, 3.05) is 13.2 Å². The standard InChI is InChI=1S/C15H16N4O2/c1-2-21-15(20)14-6-5-12-4-3-10(9-19(12)14)13-7-11(13)8-17-18-16/h3-6,9,11,13H,2,7-8H2,1H3. The molecule has 0 radical (unpaired) electrons. The molecule has 1 aliphatic carbocycles. The van der Waals surface area contributed by atoms with Crippen molar-refractivity contribution in [2.45, 2.75) is 19.3 Å². The van der Waals surface area contributed by atoms with Crippen LogP contribution in [0.4, 0.5) is 0 Å². The van der Waals surface area contributed by atoms with Crippen LogP contribution in [0.3, 0.4) is 0 Å². The van der Waals surface area contributed by atoms with E-state index in [4.69, 9.17) is 10.3 Å². The zero-order chi connectivity index (χ0) is 14.8. The molecule has 2 atom stereocenters. The Morgan fingerprint density at radius 2 is 2.29 bits per heavy atom.